The van der Waals surface area contributed by atoms with Crippen molar-refractivity contribution in [3.63, 3.8) is 0 Å². The second-order valence-electron chi connectivity index (χ2n) is 8.32. The maximum absolute atomic E-state index is 11.4. The van der Waals surface area contributed by atoms with E-state index in [0.29, 0.717) is 30.3 Å². The maximum Gasteiger partial charge on any atom is 0.323 e. The molecular formula is C24H24N6O2S. The van der Waals surface area contributed by atoms with Crippen molar-refractivity contribution in [2.45, 2.75) is 31.8 Å². The number of anilines is 4. The van der Waals surface area contributed by atoms with Crippen LogP contribution in [0.2, 0.25) is 0 Å². The molecule has 1 fully saturated rings. The van der Waals surface area contributed by atoms with E-state index in [9.17, 15) is 9.90 Å². The second kappa shape index (κ2) is 8.42. The molecule has 0 aliphatic heterocycles. The molecule has 0 unspecified atom stereocenters. The van der Waals surface area contributed by atoms with Crippen LogP contribution in [0.3, 0.4) is 0 Å². The first kappa shape index (κ1) is 21.3. The largest absolute Gasteiger partial charge is 0.480 e. The molecule has 0 spiro atoms. The predicted octanol–water partition coefficient (Wildman–Crippen LogP) is 4.61. The number of aromatic nitrogens is 3. The van der Waals surface area contributed by atoms with Crippen molar-refractivity contribution < 1.29 is 9.90 Å². The second-order valence-corrected chi connectivity index (χ2v) is 9.30. The summed E-state index contributed by atoms with van der Waals surface area (Å²) in [6.45, 7) is 2.54. The Labute approximate surface area is 195 Å². The van der Waals surface area contributed by atoms with Gasteiger partial charge in [0.05, 0.1) is 0 Å². The van der Waals surface area contributed by atoms with E-state index in [0.717, 1.165) is 27.4 Å². The normalized spacial score (nSPS) is 14.2. The lowest BCUT2D eigenvalue weighted by atomic mass is 10.2. The molecule has 3 heterocycles. The molecule has 33 heavy (non-hydrogen) atoms. The fraction of sp³-hybridized carbons (Fsp3) is 0.250. The summed E-state index contributed by atoms with van der Waals surface area (Å²) >= 11 is 1.47. The molecule has 0 radical (unpaired) electrons. The number of benzene rings is 1. The van der Waals surface area contributed by atoms with Crippen LogP contribution in [0, 0.1) is 6.92 Å². The number of nitrogens with one attached hydrogen (secondary N) is 2. The first-order chi connectivity index (χ1) is 15.9. The molecule has 0 saturated heterocycles. The summed E-state index contributed by atoms with van der Waals surface area (Å²) in [7, 11) is 2.00. The molecule has 0 atom stereocenters. The molecule has 1 aliphatic carbocycles. The third-order valence-electron chi connectivity index (χ3n) is 5.86. The zero-order valence-electron chi connectivity index (χ0n) is 18.4. The summed E-state index contributed by atoms with van der Waals surface area (Å²) in [5.74, 6) is 0.718. The van der Waals surface area contributed by atoms with E-state index < -0.39 is 11.5 Å². The smallest absolute Gasteiger partial charge is 0.323 e. The fourth-order valence-electron chi connectivity index (χ4n) is 3.57. The Bertz CT molecular complexity index is 1320. The molecular weight excluding hydrogens is 436 g/mol. The van der Waals surface area contributed by atoms with Crippen LogP contribution in [-0.4, -0.2) is 38.6 Å². The average molecular weight is 461 g/mol. The van der Waals surface area contributed by atoms with Gasteiger partial charge in [0.15, 0.2) is 5.13 Å². The average Bonchev–Trinajstić information content (AvgIpc) is 3.51. The number of aryl methyl sites for hydroxylation is 1. The molecule has 8 nitrogen and oxygen atoms in total. The van der Waals surface area contributed by atoms with Gasteiger partial charge in [0.1, 0.15) is 27.5 Å². The lowest BCUT2D eigenvalue weighted by molar-refractivity contribution is -0.140. The first-order valence-electron chi connectivity index (χ1n) is 10.7. The minimum atomic E-state index is -0.788. The maximum atomic E-state index is 11.4. The van der Waals surface area contributed by atoms with E-state index in [2.05, 4.69) is 51.8 Å². The van der Waals surface area contributed by atoms with Crippen molar-refractivity contribution in [3.05, 3.63) is 65.9 Å². The van der Waals surface area contributed by atoms with E-state index in [1.807, 2.05) is 36.2 Å². The Morgan fingerprint density at radius 1 is 1.15 bits per heavy atom. The molecule has 5 rings (SSSR count). The van der Waals surface area contributed by atoms with E-state index in [-0.39, 0.29) is 0 Å². The summed E-state index contributed by atoms with van der Waals surface area (Å²) in [6, 6.07) is 16.0. The molecule has 168 valence electrons. The Balaban J connectivity index is 1.30. The van der Waals surface area contributed by atoms with Gasteiger partial charge in [0.2, 0.25) is 0 Å². The Morgan fingerprint density at radius 3 is 2.67 bits per heavy atom. The minimum absolute atomic E-state index is 0.472. The lowest BCUT2D eigenvalue weighted by Gasteiger charge is -2.18. The van der Waals surface area contributed by atoms with Gasteiger partial charge in [-0.05, 0) is 61.7 Å². The Kier molecular flexibility index (Phi) is 5.43. The highest BCUT2D eigenvalue weighted by Gasteiger charge is 2.49. The van der Waals surface area contributed by atoms with Crippen molar-refractivity contribution in [3.8, 4) is 0 Å². The van der Waals surface area contributed by atoms with E-state index in [1.165, 1.54) is 16.9 Å². The van der Waals surface area contributed by atoms with Crippen LogP contribution in [0.25, 0.3) is 10.3 Å². The van der Waals surface area contributed by atoms with Crippen LogP contribution in [0.15, 0.2) is 54.7 Å². The molecule has 1 aliphatic rings. The number of nitrogens with zero attached hydrogens (tertiary/aromatic N) is 4. The van der Waals surface area contributed by atoms with Crippen LogP contribution < -0.4 is 15.5 Å². The number of carbonyl (C=O) groups is 1. The molecule has 3 N–H and O–H groups in total. The number of aliphatic carboxylic acids is 1. The standard InChI is InChI=1S/C24H24N6O2S/c1-15-3-5-17(6-4-15)30(2)20-8-7-18-21(29-20)33-23(27-18)28-19-13-16(9-12-25-19)14-26-24(10-11-24)22(31)32/h3-9,12-13,26H,10-11,14H2,1-2H3,(H,31,32)(H,25,27,28). The third-order valence-corrected chi connectivity index (χ3v) is 6.74. The molecule has 0 bridgehead atoms. The highest BCUT2D eigenvalue weighted by Crippen LogP contribution is 2.36. The minimum Gasteiger partial charge on any atom is -0.480 e. The number of fused-ring (bicyclic) bond motifs is 1. The van der Waals surface area contributed by atoms with Gasteiger partial charge in [0.25, 0.3) is 0 Å². The number of carboxylic acid groups (broad SMARTS) is 1. The van der Waals surface area contributed by atoms with E-state index >= 15 is 0 Å². The van der Waals surface area contributed by atoms with Crippen LogP contribution in [0.1, 0.15) is 24.0 Å². The monoisotopic (exact) mass is 460 g/mol. The quantitative estimate of drug-likeness (QED) is 0.350. The highest BCUT2D eigenvalue weighted by molar-refractivity contribution is 7.21. The van der Waals surface area contributed by atoms with Crippen molar-refractivity contribution in [1.82, 2.24) is 20.3 Å². The number of carboxylic acids is 1. The fourth-order valence-corrected chi connectivity index (χ4v) is 4.41. The van der Waals surface area contributed by atoms with Gasteiger partial charge in [-0.2, -0.15) is 0 Å². The number of rotatable bonds is 8. The SMILES string of the molecule is Cc1ccc(N(C)c2ccc3nc(Nc4cc(CNC5(C(=O)O)CC5)ccn4)sc3n2)cc1. The van der Waals surface area contributed by atoms with Gasteiger partial charge in [-0.25, -0.2) is 15.0 Å². The first-order valence-corrected chi connectivity index (χ1v) is 11.5. The Hall–Kier alpha value is -3.56. The van der Waals surface area contributed by atoms with Crippen molar-refractivity contribution in [2.75, 3.05) is 17.3 Å². The van der Waals surface area contributed by atoms with E-state index in [4.69, 9.17) is 4.98 Å². The van der Waals surface area contributed by atoms with Crippen LogP contribution in [0.4, 0.5) is 22.5 Å². The summed E-state index contributed by atoms with van der Waals surface area (Å²) in [6.07, 6.45) is 3.04. The topological polar surface area (TPSA) is 103 Å². The van der Waals surface area contributed by atoms with Gasteiger partial charge >= 0.3 is 5.97 Å². The van der Waals surface area contributed by atoms with Crippen LogP contribution >= 0.6 is 11.3 Å². The molecule has 9 heteroatoms. The summed E-state index contributed by atoms with van der Waals surface area (Å²) in [5, 5.41) is 16.4. The number of pyridine rings is 2. The summed E-state index contributed by atoms with van der Waals surface area (Å²) in [5.41, 5.74) is 3.30. The Morgan fingerprint density at radius 2 is 1.94 bits per heavy atom. The molecule has 1 saturated carbocycles. The van der Waals surface area contributed by atoms with Crippen LogP contribution in [-0.2, 0) is 11.3 Å². The van der Waals surface area contributed by atoms with Crippen molar-refractivity contribution in [2.24, 2.45) is 0 Å². The summed E-state index contributed by atoms with van der Waals surface area (Å²) in [4.78, 5) is 28.0. The number of hydrogen-bond donors (Lipinski definition) is 3. The van der Waals surface area contributed by atoms with Gasteiger partial charge in [-0.1, -0.05) is 29.0 Å². The number of thiazole rings is 1. The van der Waals surface area contributed by atoms with Crippen molar-refractivity contribution >= 4 is 50.1 Å². The van der Waals surface area contributed by atoms with E-state index in [1.54, 1.807) is 6.20 Å². The molecule has 0 amide bonds. The lowest BCUT2D eigenvalue weighted by Crippen LogP contribution is -2.38. The summed E-state index contributed by atoms with van der Waals surface area (Å²) < 4.78 is 0. The zero-order chi connectivity index (χ0) is 23.0. The van der Waals surface area contributed by atoms with Gasteiger partial charge in [-0.15, -0.1) is 0 Å². The zero-order valence-corrected chi connectivity index (χ0v) is 19.2. The molecule has 3 aromatic heterocycles. The predicted molar refractivity (Wildman–Crippen MR) is 131 cm³/mol. The third kappa shape index (κ3) is 4.50. The van der Waals surface area contributed by atoms with Gasteiger partial charge in [-0.3, -0.25) is 10.1 Å². The number of hydrogen-bond acceptors (Lipinski definition) is 8. The molecule has 4 aromatic rings. The highest BCUT2D eigenvalue weighted by atomic mass is 32.1. The van der Waals surface area contributed by atoms with Crippen molar-refractivity contribution in [1.29, 1.82) is 0 Å². The van der Waals surface area contributed by atoms with Gasteiger partial charge < -0.3 is 15.3 Å². The molecule has 1 aromatic carbocycles. The van der Waals surface area contributed by atoms with Gasteiger partial charge in [0, 0.05) is 25.5 Å². The van der Waals surface area contributed by atoms with Crippen LogP contribution in [0.5, 0.6) is 0 Å².